The van der Waals surface area contributed by atoms with Crippen molar-refractivity contribution in [3.8, 4) is 0 Å². The van der Waals surface area contributed by atoms with Gasteiger partial charge in [0.05, 0.1) is 0 Å². The van der Waals surface area contributed by atoms with Crippen LogP contribution in [0.3, 0.4) is 0 Å². The standard InChI is InChI=1S/C15H15F2N3O/c1-2-20(9-10-3-5-19-6-4-10)15(21)11-7-12(16)14(18)13(17)8-11/h3-8H,2,9,18H2,1H3. The molecule has 1 aromatic heterocycles. The van der Waals surface area contributed by atoms with Crippen molar-refractivity contribution in [3.63, 3.8) is 0 Å². The van der Waals surface area contributed by atoms with Gasteiger partial charge in [0.15, 0.2) is 0 Å². The Kier molecular flexibility index (Phi) is 4.47. The molecule has 0 fully saturated rings. The quantitative estimate of drug-likeness (QED) is 0.881. The summed E-state index contributed by atoms with van der Waals surface area (Å²) in [5, 5.41) is 0. The molecular formula is C15H15F2N3O. The minimum atomic E-state index is -0.932. The number of amides is 1. The van der Waals surface area contributed by atoms with Gasteiger partial charge in [-0.25, -0.2) is 8.78 Å². The molecule has 2 rings (SSSR count). The fourth-order valence-corrected chi connectivity index (χ4v) is 1.93. The van der Waals surface area contributed by atoms with Gasteiger partial charge in [-0.15, -0.1) is 0 Å². The highest BCUT2D eigenvalue weighted by molar-refractivity contribution is 5.94. The maximum atomic E-state index is 13.5. The van der Waals surface area contributed by atoms with Gasteiger partial charge in [-0.3, -0.25) is 9.78 Å². The molecule has 2 N–H and O–H groups in total. The van der Waals surface area contributed by atoms with Crippen LogP contribution in [-0.4, -0.2) is 22.3 Å². The molecular weight excluding hydrogens is 276 g/mol. The molecule has 0 aliphatic rings. The number of halogens is 2. The molecule has 1 heterocycles. The summed E-state index contributed by atoms with van der Waals surface area (Å²) < 4.78 is 26.9. The van der Waals surface area contributed by atoms with Crippen molar-refractivity contribution in [2.45, 2.75) is 13.5 Å². The van der Waals surface area contributed by atoms with Gasteiger partial charge in [0.1, 0.15) is 17.3 Å². The lowest BCUT2D eigenvalue weighted by atomic mass is 10.1. The van der Waals surface area contributed by atoms with Crippen molar-refractivity contribution in [2.24, 2.45) is 0 Å². The van der Waals surface area contributed by atoms with E-state index in [2.05, 4.69) is 4.98 Å². The average Bonchev–Trinajstić information content (AvgIpc) is 2.50. The highest BCUT2D eigenvalue weighted by Gasteiger charge is 2.18. The Morgan fingerprint density at radius 3 is 2.33 bits per heavy atom. The smallest absolute Gasteiger partial charge is 0.254 e. The van der Waals surface area contributed by atoms with Crippen molar-refractivity contribution < 1.29 is 13.6 Å². The predicted octanol–water partition coefficient (Wildman–Crippen LogP) is 2.60. The summed E-state index contributed by atoms with van der Waals surface area (Å²) in [5.41, 5.74) is 5.45. The second kappa shape index (κ2) is 6.30. The van der Waals surface area contributed by atoms with Gasteiger partial charge in [-0.2, -0.15) is 0 Å². The number of aromatic nitrogens is 1. The second-order valence-corrected chi connectivity index (χ2v) is 4.53. The molecule has 4 nitrogen and oxygen atoms in total. The van der Waals surface area contributed by atoms with Gasteiger partial charge in [0, 0.05) is 31.0 Å². The first-order chi connectivity index (χ1) is 10.0. The van der Waals surface area contributed by atoms with Crippen molar-refractivity contribution in [3.05, 3.63) is 59.4 Å². The Bertz CT molecular complexity index is 624. The molecule has 6 heteroatoms. The SMILES string of the molecule is CCN(Cc1ccncc1)C(=O)c1cc(F)c(N)c(F)c1. The van der Waals surface area contributed by atoms with E-state index in [9.17, 15) is 13.6 Å². The molecule has 0 radical (unpaired) electrons. The Morgan fingerprint density at radius 1 is 1.24 bits per heavy atom. The first kappa shape index (κ1) is 14.9. The van der Waals surface area contributed by atoms with Crippen LogP contribution >= 0.6 is 0 Å². The number of rotatable bonds is 4. The van der Waals surface area contributed by atoms with E-state index >= 15 is 0 Å². The maximum Gasteiger partial charge on any atom is 0.254 e. The van der Waals surface area contributed by atoms with Crippen LogP contribution in [0, 0.1) is 11.6 Å². The molecule has 1 aromatic carbocycles. The number of anilines is 1. The number of nitrogens with two attached hydrogens (primary N) is 1. The van der Waals surface area contributed by atoms with Gasteiger partial charge >= 0.3 is 0 Å². The van der Waals surface area contributed by atoms with Crippen LogP contribution in [0.5, 0.6) is 0 Å². The molecule has 0 bridgehead atoms. The summed E-state index contributed by atoms with van der Waals surface area (Å²) >= 11 is 0. The third kappa shape index (κ3) is 3.34. The van der Waals surface area contributed by atoms with Gasteiger partial charge in [0.2, 0.25) is 0 Å². The molecule has 0 aliphatic carbocycles. The lowest BCUT2D eigenvalue weighted by Crippen LogP contribution is -2.30. The number of benzene rings is 1. The van der Waals surface area contributed by atoms with Crippen molar-refractivity contribution >= 4 is 11.6 Å². The number of carbonyl (C=O) groups excluding carboxylic acids is 1. The number of carbonyl (C=O) groups is 1. The largest absolute Gasteiger partial charge is 0.394 e. The first-order valence-corrected chi connectivity index (χ1v) is 6.45. The van der Waals surface area contributed by atoms with Gasteiger partial charge in [-0.1, -0.05) is 0 Å². The summed E-state index contributed by atoms with van der Waals surface area (Å²) in [6.07, 6.45) is 3.24. The molecule has 2 aromatic rings. The molecule has 0 unspecified atom stereocenters. The van der Waals surface area contributed by atoms with E-state index in [0.717, 1.165) is 17.7 Å². The Labute approximate surface area is 121 Å². The van der Waals surface area contributed by atoms with Crippen LogP contribution in [0.25, 0.3) is 0 Å². The highest BCUT2D eigenvalue weighted by Crippen LogP contribution is 2.19. The van der Waals surface area contributed by atoms with Crippen LogP contribution in [0.1, 0.15) is 22.8 Å². The predicted molar refractivity (Wildman–Crippen MR) is 75.4 cm³/mol. The molecule has 0 atom stereocenters. The third-order valence-electron chi connectivity index (χ3n) is 3.12. The minimum Gasteiger partial charge on any atom is -0.394 e. The van der Waals surface area contributed by atoms with Gasteiger partial charge in [0.25, 0.3) is 5.91 Å². The first-order valence-electron chi connectivity index (χ1n) is 6.45. The van der Waals surface area contributed by atoms with E-state index in [4.69, 9.17) is 5.73 Å². The Hall–Kier alpha value is -2.50. The summed E-state index contributed by atoms with van der Waals surface area (Å²) in [5.74, 6) is -2.32. The Morgan fingerprint density at radius 2 is 1.81 bits per heavy atom. The van der Waals surface area contributed by atoms with Crippen molar-refractivity contribution in [1.82, 2.24) is 9.88 Å². The number of hydrogen-bond acceptors (Lipinski definition) is 3. The maximum absolute atomic E-state index is 13.5. The van der Waals surface area contributed by atoms with E-state index in [-0.39, 0.29) is 5.56 Å². The number of nitrogen functional groups attached to an aromatic ring is 1. The van der Waals surface area contributed by atoms with Crippen molar-refractivity contribution in [1.29, 1.82) is 0 Å². The number of hydrogen-bond donors (Lipinski definition) is 1. The van der Waals surface area contributed by atoms with E-state index in [0.29, 0.717) is 13.1 Å². The van der Waals surface area contributed by atoms with Gasteiger partial charge in [-0.05, 0) is 36.8 Å². The van der Waals surface area contributed by atoms with Gasteiger partial charge < -0.3 is 10.6 Å². The monoisotopic (exact) mass is 291 g/mol. The molecule has 0 saturated heterocycles. The van der Waals surface area contributed by atoms with Crippen LogP contribution < -0.4 is 5.73 Å². The minimum absolute atomic E-state index is 0.0601. The summed E-state index contributed by atoms with van der Waals surface area (Å²) in [4.78, 5) is 17.7. The molecule has 0 aliphatic heterocycles. The second-order valence-electron chi connectivity index (χ2n) is 4.53. The third-order valence-corrected chi connectivity index (χ3v) is 3.12. The number of nitrogens with zero attached hydrogens (tertiary/aromatic N) is 2. The fraction of sp³-hybridized carbons (Fsp3) is 0.200. The average molecular weight is 291 g/mol. The zero-order valence-electron chi connectivity index (χ0n) is 11.5. The van der Waals surface area contributed by atoms with E-state index in [1.54, 1.807) is 31.5 Å². The van der Waals surface area contributed by atoms with Crippen LogP contribution in [0.4, 0.5) is 14.5 Å². The Balaban J connectivity index is 2.24. The molecule has 1 amide bonds. The lowest BCUT2D eigenvalue weighted by Gasteiger charge is -2.21. The number of pyridine rings is 1. The van der Waals surface area contributed by atoms with Crippen LogP contribution in [-0.2, 0) is 6.54 Å². The highest BCUT2D eigenvalue weighted by atomic mass is 19.1. The summed E-state index contributed by atoms with van der Waals surface area (Å²) in [6, 6.07) is 5.46. The molecule has 0 saturated carbocycles. The fourth-order valence-electron chi connectivity index (χ4n) is 1.93. The molecule has 110 valence electrons. The topological polar surface area (TPSA) is 59.2 Å². The van der Waals surface area contributed by atoms with Crippen LogP contribution in [0.2, 0.25) is 0 Å². The molecule has 21 heavy (non-hydrogen) atoms. The van der Waals surface area contributed by atoms with Crippen molar-refractivity contribution in [2.75, 3.05) is 12.3 Å². The summed E-state index contributed by atoms with van der Waals surface area (Å²) in [6.45, 7) is 2.54. The summed E-state index contributed by atoms with van der Waals surface area (Å²) in [7, 11) is 0. The normalized spacial score (nSPS) is 10.4. The zero-order valence-corrected chi connectivity index (χ0v) is 11.5. The zero-order chi connectivity index (χ0) is 15.4. The van der Waals surface area contributed by atoms with E-state index < -0.39 is 23.2 Å². The van der Waals surface area contributed by atoms with E-state index in [1.807, 2.05) is 0 Å². The molecule has 0 spiro atoms. The van der Waals surface area contributed by atoms with Crippen LogP contribution in [0.15, 0.2) is 36.7 Å². The van der Waals surface area contributed by atoms with E-state index in [1.165, 1.54) is 4.90 Å². The lowest BCUT2D eigenvalue weighted by molar-refractivity contribution is 0.0751.